The van der Waals surface area contributed by atoms with Gasteiger partial charge < -0.3 is 9.26 Å². The van der Waals surface area contributed by atoms with Crippen LogP contribution in [-0.4, -0.2) is 46.2 Å². The molecule has 156 valence electrons. The van der Waals surface area contributed by atoms with Gasteiger partial charge >= 0.3 is 0 Å². The first-order valence-corrected chi connectivity index (χ1v) is 9.71. The number of halogens is 1. The minimum absolute atomic E-state index is 0.0310. The summed E-state index contributed by atoms with van der Waals surface area (Å²) in [6.07, 6.45) is 0. The Balaban J connectivity index is 1.37. The molecule has 1 fully saturated rings. The number of methoxy groups -OCH3 is 1. The van der Waals surface area contributed by atoms with Gasteiger partial charge in [0.2, 0.25) is 11.7 Å². The average molecular weight is 439 g/mol. The van der Waals surface area contributed by atoms with Crippen LogP contribution in [0.15, 0.2) is 63.4 Å². The van der Waals surface area contributed by atoms with Crippen molar-refractivity contribution < 1.29 is 18.8 Å². The molecule has 2 aliphatic rings. The number of nitrogens with zero attached hydrogens (tertiary/aromatic N) is 6. The van der Waals surface area contributed by atoms with Crippen molar-refractivity contribution in [1.29, 1.82) is 0 Å². The number of hydrogen-bond acceptors (Lipinski definition) is 9. The quantitative estimate of drug-likeness (QED) is 0.562. The smallest absolute Gasteiger partial charge is 0.263 e. The third-order valence-corrected chi connectivity index (χ3v) is 5.25. The number of imide groups is 1. The Morgan fingerprint density at radius 3 is 2.77 bits per heavy atom. The third kappa shape index (κ3) is 3.30. The van der Waals surface area contributed by atoms with Gasteiger partial charge in [-0.05, 0) is 24.3 Å². The van der Waals surface area contributed by atoms with Crippen LogP contribution in [0.4, 0.5) is 5.69 Å². The summed E-state index contributed by atoms with van der Waals surface area (Å²) in [4.78, 5) is 31.4. The highest BCUT2D eigenvalue weighted by Crippen LogP contribution is 2.34. The number of rotatable bonds is 5. The Bertz CT molecular complexity index is 1210. The van der Waals surface area contributed by atoms with Crippen molar-refractivity contribution in [2.75, 3.05) is 12.0 Å². The van der Waals surface area contributed by atoms with E-state index in [-0.39, 0.29) is 12.4 Å². The number of aromatic nitrogens is 2. The van der Waals surface area contributed by atoms with Gasteiger partial charge in [0.25, 0.3) is 11.8 Å². The van der Waals surface area contributed by atoms with E-state index in [1.54, 1.807) is 48.5 Å². The second kappa shape index (κ2) is 7.47. The van der Waals surface area contributed by atoms with Gasteiger partial charge in [-0.1, -0.05) is 40.2 Å². The summed E-state index contributed by atoms with van der Waals surface area (Å²) in [6.45, 7) is 0.0310. The summed E-state index contributed by atoms with van der Waals surface area (Å²) < 4.78 is 10.5. The monoisotopic (exact) mass is 438 g/mol. The molecule has 0 aliphatic carbocycles. The molecule has 3 heterocycles. The number of anilines is 1. The molecule has 1 aromatic heterocycles. The molecule has 0 spiro atoms. The molecule has 1 saturated heterocycles. The van der Waals surface area contributed by atoms with Crippen LogP contribution >= 0.6 is 11.6 Å². The normalized spacial score (nSPS) is 19.9. The van der Waals surface area contributed by atoms with Crippen LogP contribution in [0.2, 0.25) is 5.02 Å². The minimum atomic E-state index is -0.922. The maximum Gasteiger partial charge on any atom is 0.263 e. The molecule has 0 radical (unpaired) electrons. The van der Waals surface area contributed by atoms with Crippen molar-refractivity contribution in [2.45, 2.75) is 18.6 Å². The Kier molecular flexibility index (Phi) is 4.63. The molecule has 0 unspecified atom stereocenters. The van der Waals surface area contributed by atoms with Crippen molar-refractivity contribution in [2.24, 2.45) is 10.3 Å². The molecular formula is C20H15ClN6O4. The Hall–Kier alpha value is -3.79. The van der Waals surface area contributed by atoms with Gasteiger partial charge in [0.15, 0.2) is 12.1 Å². The fourth-order valence-corrected chi connectivity index (χ4v) is 3.75. The lowest BCUT2D eigenvalue weighted by Gasteiger charge is -2.19. The first-order valence-electron chi connectivity index (χ1n) is 9.33. The summed E-state index contributed by atoms with van der Waals surface area (Å²) in [5.41, 5.74) is 1.11. The van der Waals surface area contributed by atoms with Gasteiger partial charge in [0, 0.05) is 16.7 Å². The van der Waals surface area contributed by atoms with Crippen molar-refractivity contribution in [3.8, 4) is 17.1 Å². The van der Waals surface area contributed by atoms with Crippen LogP contribution in [0.3, 0.4) is 0 Å². The van der Waals surface area contributed by atoms with E-state index in [4.69, 9.17) is 20.9 Å². The van der Waals surface area contributed by atoms with Crippen molar-refractivity contribution in [1.82, 2.24) is 15.1 Å². The van der Waals surface area contributed by atoms with E-state index in [1.807, 2.05) is 0 Å². The van der Waals surface area contributed by atoms with Crippen LogP contribution in [0.1, 0.15) is 5.89 Å². The molecular weight excluding hydrogens is 424 g/mol. The lowest BCUT2D eigenvalue weighted by Crippen LogP contribution is -2.39. The molecule has 0 N–H and O–H groups in total. The van der Waals surface area contributed by atoms with Gasteiger partial charge in [-0.3, -0.25) is 14.6 Å². The summed E-state index contributed by atoms with van der Waals surface area (Å²) in [6, 6.07) is 12.0. The minimum Gasteiger partial charge on any atom is -0.497 e. The first kappa shape index (κ1) is 19.2. The maximum absolute atomic E-state index is 13.1. The summed E-state index contributed by atoms with van der Waals surface area (Å²) in [7, 11) is 1.51. The topological polar surface area (TPSA) is 113 Å². The molecule has 2 atom stereocenters. The highest BCUT2D eigenvalue weighted by atomic mass is 35.5. The number of carbonyl (C=O) groups is 2. The number of ether oxygens (including phenoxy) is 1. The molecule has 10 nitrogen and oxygen atoms in total. The van der Waals surface area contributed by atoms with Crippen molar-refractivity contribution in [3.63, 3.8) is 0 Å². The lowest BCUT2D eigenvalue weighted by molar-refractivity contribution is -0.123. The highest BCUT2D eigenvalue weighted by Gasteiger charge is 2.55. The predicted octanol–water partition coefficient (Wildman–Crippen LogP) is 2.89. The van der Waals surface area contributed by atoms with Gasteiger partial charge in [-0.2, -0.15) is 10.1 Å². The first-order chi connectivity index (χ1) is 15.0. The van der Waals surface area contributed by atoms with Gasteiger partial charge in [-0.25, -0.2) is 4.90 Å². The molecule has 0 saturated carbocycles. The molecule has 11 heteroatoms. The molecule has 3 aromatic rings. The molecule has 2 amide bonds. The van der Waals surface area contributed by atoms with Gasteiger partial charge in [-0.15, -0.1) is 0 Å². The van der Waals surface area contributed by atoms with E-state index in [1.165, 1.54) is 12.1 Å². The summed E-state index contributed by atoms with van der Waals surface area (Å²) >= 11 is 6.01. The molecule has 2 aromatic carbocycles. The van der Waals surface area contributed by atoms with E-state index in [0.717, 1.165) is 4.90 Å². The molecule has 2 aliphatic heterocycles. The van der Waals surface area contributed by atoms with E-state index >= 15 is 0 Å². The van der Waals surface area contributed by atoms with Crippen LogP contribution in [0, 0.1) is 0 Å². The number of amides is 2. The summed E-state index contributed by atoms with van der Waals surface area (Å²) in [5, 5.41) is 13.9. The third-order valence-electron chi connectivity index (χ3n) is 5.02. The van der Waals surface area contributed by atoms with E-state index in [0.29, 0.717) is 27.8 Å². The second-order valence-corrected chi connectivity index (χ2v) is 7.36. The molecule has 31 heavy (non-hydrogen) atoms. The van der Waals surface area contributed by atoms with Crippen LogP contribution < -0.4 is 9.64 Å². The van der Waals surface area contributed by atoms with Gasteiger partial charge in [0.1, 0.15) is 12.3 Å². The predicted molar refractivity (Wildman–Crippen MR) is 108 cm³/mol. The molecule has 5 rings (SSSR count). The van der Waals surface area contributed by atoms with E-state index < -0.39 is 23.9 Å². The maximum atomic E-state index is 13.1. The Morgan fingerprint density at radius 2 is 1.97 bits per heavy atom. The van der Waals surface area contributed by atoms with Gasteiger partial charge in [0.05, 0.1) is 12.8 Å². The standard InChI is InChI=1S/C20H15ClN6O4/c1-30-14-7-3-6-13(9-14)27-19(28)16-17(20(27)29)26(25-23-16)10-15-22-18(24-31-15)11-4-2-5-12(21)8-11/h2-9,16-17H,10H2,1H3/t16-,17-/m1/s1. The average Bonchev–Trinajstić information content (AvgIpc) is 3.47. The largest absolute Gasteiger partial charge is 0.497 e. The number of benzene rings is 2. The number of fused-ring (bicyclic) bond motifs is 1. The zero-order chi connectivity index (χ0) is 21.5. The Labute approximate surface area is 181 Å². The molecule has 0 bridgehead atoms. The SMILES string of the molecule is COc1cccc(N2C(=O)[C@@H]3N=NN(Cc4nc(-c5cccc(Cl)c5)no4)[C@H]3C2=O)c1. The van der Waals surface area contributed by atoms with E-state index in [9.17, 15) is 9.59 Å². The fraction of sp³-hybridized carbons (Fsp3) is 0.200. The van der Waals surface area contributed by atoms with Crippen LogP contribution in [0.5, 0.6) is 5.75 Å². The summed E-state index contributed by atoms with van der Waals surface area (Å²) in [5.74, 6) is 0.252. The van der Waals surface area contributed by atoms with Crippen LogP contribution in [0.25, 0.3) is 11.4 Å². The number of carbonyl (C=O) groups excluding carboxylic acids is 2. The highest BCUT2D eigenvalue weighted by molar-refractivity contribution is 6.30. The van der Waals surface area contributed by atoms with Crippen LogP contribution in [-0.2, 0) is 16.1 Å². The lowest BCUT2D eigenvalue weighted by atomic mass is 10.1. The van der Waals surface area contributed by atoms with Crippen molar-refractivity contribution >= 4 is 29.1 Å². The Morgan fingerprint density at radius 1 is 1.13 bits per heavy atom. The second-order valence-electron chi connectivity index (χ2n) is 6.93. The van der Waals surface area contributed by atoms with Crippen molar-refractivity contribution in [3.05, 3.63) is 59.4 Å². The van der Waals surface area contributed by atoms with E-state index in [2.05, 4.69) is 20.5 Å². The fourth-order valence-electron chi connectivity index (χ4n) is 3.56. The zero-order valence-corrected chi connectivity index (χ0v) is 16.9. The zero-order valence-electron chi connectivity index (χ0n) is 16.2. The number of hydrogen-bond donors (Lipinski definition) is 0.